The van der Waals surface area contributed by atoms with E-state index in [0.717, 1.165) is 37.2 Å². The van der Waals surface area contributed by atoms with Crippen LogP contribution in [-0.4, -0.2) is 51.0 Å². The van der Waals surface area contributed by atoms with E-state index < -0.39 is 23.5 Å². The van der Waals surface area contributed by atoms with Crippen LogP contribution in [0.1, 0.15) is 34.8 Å². The lowest BCUT2D eigenvalue weighted by Crippen LogP contribution is -2.29. The number of nitrogens with zero attached hydrogens (tertiary/aromatic N) is 5. The van der Waals surface area contributed by atoms with Crippen molar-refractivity contribution in [2.24, 2.45) is 0 Å². The summed E-state index contributed by atoms with van der Waals surface area (Å²) in [5.41, 5.74) is 1.44. The number of aromatic nitrogens is 5. The Morgan fingerprint density at radius 1 is 1.05 bits per heavy atom. The Balaban J connectivity index is 1.36. The second-order valence-electron chi connectivity index (χ2n) is 8.97. The summed E-state index contributed by atoms with van der Waals surface area (Å²) in [6.07, 6.45) is -0.101. The van der Waals surface area contributed by atoms with Gasteiger partial charge in [-0.15, -0.1) is 5.10 Å². The number of hydrogen-bond donors (Lipinski definition) is 4. The highest BCUT2D eigenvalue weighted by molar-refractivity contribution is 6.00. The third kappa shape index (κ3) is 5.98. The minimum Gasteiger partial charge on any atom is -0.355 e. The molecule has 2 aromatic carbocycles. The second-order valence-corrected chi connectivity index (χ2v) is 8.97. The maximum absolute atomic E-state index is 13.7. The van der Waals surface area contributed by atoms with Crippen molar-refractivity contribution >= 4 is 29.0 Å². The summed E-state index contributed by atoms with van der Waals surface area (Å²) in [7, 11) is 1.44. The highest BCUT2D eigenvalue weighted by Crippen LogP contribution is 2.36. The molecule has 202 valence electrons. The van der Waals surface area contributed by atoms with Crippen molar-refractivity contribution in [1.29, 1.82) is 0 Å². The zero-order valence-electron chi connectivity index (χ0n) is 21.0. The van der Waals surface area contributed by atoms with E-state index in [1.165, 1.54) is 19.2 Å². The van der Waals surface area contributed by atoms with Crippen LogP contribution in [-0.2, 0) is 6.18 Å². The number of benzene rings is 2. The van der Waals surface area contributed by atoms with Gasteiger partial charge < -0.3 is 21.3 Å². The molecule has 0 unspecified atom stereocenters. The molecule has 10 nitrogen and oxygen atoms in total. The largest absolute Gasteiger partial charge is 0.421 e. The Morgan fingerprint density at radius 3 is 2.51 bits per heavy atom. The van der Waals surface area contributed by atoms with Gasteiger partial charge in [0.25, 0.3) is 5.91 Å². The molecular formula is C26H26F3N9O. The predicted octanol–water partition coefficient (Wildman–Crippen LogP) is 4.53. The van der Waals surface area contributed by atoms with Crippen LogP contribution in [0.5, 0.6) is 0 Å². The van der Waals surface area contributed by atoms with Gasteiger partial charge in [0.05, 0.1) is 23.5 Å². The number of hydrogen-bond acceptors (Lipinski definition) is 8. The van der Waals surface area contributed by atoms with Crippen molar-refractivity contribution in [3.63, 3.8) is 0 Å². The average molecular weight is 538 g/mol. The molecule has 0 bridgehead atoms. The molecule has 4 aromatic rings. The standard InChI is InChI=1S/C26H26F3N9O/c1-30-24(39)19-4-2-3-5-21(19)34-23-20(26(27,28)29)14-32-25(35-23)33-17-8-6-16(7-9-17)22-15-38(37-36-22)18-10-12-31-13-11-18/h2-9,14-15,18,31H,10-13H2,1H3,(H,30,39)(H2,32,33,34,35). The van der Waals surface area contributed by atoms with E-state index in [2.05, 4.69) is 41.5 Å². The quantitative estimate of drug-likeness (QED) is 0.272. The molecule has 39 heavy (non-hydrogen) atoms. The van der Waals surface area contributed by atoms with Gasteiger partial charge in [-0.05, 0) is 50.2 Å². The molecule has 0 saturated carbocycles. The fourth-order valence-electron chi connectivity index (χ4n) is 4.31. The SMILES string of the molecule is CNC(=O)c1ccccc1Nc1nc(Nc2ccc(-c3cn(C4CCNCC4)nn3)cc2)ncc1C(F)(F)F. The van der Waals surface area contributed by atoms with Crippen molar-refractivity contribution < 1.29 is 18.0 Å². The molecule has 3 heterocycles. The molecule has 1 saturated heterocycles. The number of anilines is 4. The molecule has 4 N–H and O–H groups in total. The van der Waals surface area contributed by atoms with Crippen LogP contribution >= 0.6 is 0 Å². The monoisotopic (exact) mass is 537 g/mol. The minimum absolute atomic E-state index is 0.0486. The number of rotatable bonds is 7. The van der Waals surface area contributed by atoms with Gasteiger partial charge in [0.1, 0.15) is 17.1 Å². The summed E-state index contributed by atoms with van der Waals surface area (Å²) in [6.45, 7) is 1.90. The first-order chi connectivity index (χ1) is 18.8. The molecule has 0 radical (unpaired) electrons. The fourth-order valence-corrected chi connectivity index (χ4v) is 4.31. The van der Waals surface area contributed by atoms with Gasteiger partial charge in [-0.3, -0.25) is 4.79 Å². The van der Waals surface area contributed by atoms with Gasteiger partial charge in [-0.2, -0.15) is 18.2 Å². The molecule has 1 amide bonds. The summed E-state index contributed by atoms with van der Waals surface area (Å²) >= 11 is 0. The first-order valence-corrected chi connectivity index (χ1v) is 12.3. The third-order valence-electron chi connectivity index (χ3n) is 6.38. The number of para-hydroxylation sites is 1. The Hall–Kier alpha value is -4.52. The zero-order chi connectivity index (χ0) is 27.4. The van der Waals surface area contributed by atoms with Gasteiger partial charge in [0.2, 0.25) is 5.95 Å². The van der Waals surface area contributed by atoms with E-state index in [1.54, 1.807) is 24.3 Å². The van der Waals surface area contributed by atoms with Crippen LogP contribution in [0.15, 0.2) is 60.9 Å². The van der Waals surface area contributed by atoms with Crippen molar-refractivity contribution in [3.8, 4) is 11.3 Å². The first-order valence-electron chi connectivity index (χ1n) is 12.3. The predicted molar refractivity (Wildman–Crippen MR) is 140 cm³/mol. The molecule has 2 aromatic heterocycles. The van der Waals surface area contributed by atoms with E-state index in [1.807, 2.05) is 23.0 Å². The van der Waals surface area contributed by atoms with Crippen LogP contribution in [0.2, 0.25) is 0 Å². The fraction of sp³-hybridized carbons (Fsp3) is 0.269. The van der Waals surface area contributed by atoms with Crippen LogP contribution in [0.4, 0.5) is 36.3 Å². The van der Waals surface area contributed by atoms with Crippen LogP contribution in [0.3, 0.4) is 0 Å². The topological polar surface area (TPSA) is 122 Å². The lowest BCUT2D eigenvalue weighted by atomic mass is 10.1. The molecule has 1 fully saturated rings. The molecular weight excluding hydrogens is 511 g/mol. The number of piperidine rings is 1. The van der Waals surface area contributed by atoms with E-state index in [-0.39, 0.29) is 17.2 Å². The summed E-state index contributed by atoms with van der Waals surface area (Å²) in [6, 6.07) is 13.7. The molecule has 1 aliphatic heterocycles. The van der Waals surface area contributed by atoms with Crippen molar-refractivity contribution in [2.45, 2.75) is 25.1 Å². The third-order valence-corrected chi connectivity index (χ3v) is 6.38. The Bertz CT molecular complexity index is 1450. The zero-order valence-corrected chi connectivity index (χ0v) is 21.0. The van der Waals surface area contributed by atoms with Crippen LogP contribution < -0.4 is 21.3 Å². The smallest absolute Gasteiger partial charge is 0.355 e. The van der Waals surface area contributed by atoms with Crippen LogP contribution in [0.25, 0.3) is 11.3 Å². The molecule has 0 spiro atoms. The highest BCUT2D eigenvalue weighted by atomic mass is 19.4. The maximum atomic E-state index is 13.7. The summed E-state index contributed by atoms with van der Waals surface area (Å²) < 4.78 is 43.1. The minimum atomic E-state index is -4.71. The average Bonchev–Trinajstić information content (AvgIpc) is 3.44. The number of carbonyl (C=O) groups is 1. The lowest BCUT2D eigenvalue weighted by Gasteiger charge is -2.22. The second kappa shape index (κ2) is 11.1. The molecule has 0 atom stereocenters. The Labute approximate surface area is 222 Å². The van der Waals surface area contributed by atoms with Crippen molar-refractivity contribution in [1.82, 2.24) is 35.6 Å². The summed E-state index contributed by atoms with van der Waals surface area (Å²) in [5, 5.41) is 20.0. The molecule has 13 heteroatoms. The maximum Gasteiger partial charge on any atom is 0.421 e. The van der Waals surface area contributed by atoms with Gasteiger partial charge in [0.15, 0.2) is 0 Å². The van der Waals surface area contributed by atoms with Crippen molar-refractivity contribution in [2.75, 3.05) is 30.8 Å². The van der Waals surface area contributed by atoms with Crippen molar-refractivity contribution in [3.05, 3.63) is 72.1 Å². The van der Waals surface area contributed by atoms with Gasteiger partial charge in [-0.25, -0.2) is 9.67 Å². The molecule has 1 aliphatic rings. The van der Waals surface area contributed by atoms with E-state index in [4.69, 9.17) is 0 Å². The summed E-state index contributed by atoms with van der Waals surface area (Å²) in [5.74, 6) is -0.982. The van der Waals surface area contributed by atoms with E-state index in [0.29, 0.717) is 17.9 Å². The number of halogens is 3. The lowest BCUT2D eigenvalue weighted by molar-refractivity contribution is -0.137. The Morgan fingerprint density at radius 2 is 1.79 bits per heavy atom. The highest BCUT2D eigenvalue weighted by Gasteiger charge is 2.35. The first kappa shape index (κ1) is 26.1. The number of nitrogens with one attached hydrogen (secondary N) is 4. The number of alkyl halides is 3. The van der Waals surface area contributed by atoms with Gasteiger partial charge >= 0.3 is 6.18 Å². The molecule has 5 rings (SSSR count). The van der Waals surface area contributed by atoms with E-state index >= 15 is 0 Å². The van der Waals surface area contributed by atoms with Crippen LogP contribution in [0, 0.1) is 0 Å². The van der Waals surface area contributed by atoms with Gasteiger partial charge in [0, 0.05) is 24.5 Å². The molecule has 0 aliphatic carbocycles. The summed E-state index contributed by atoms with van der Waals surface area (Å²) in [4.78, 5) is 20.1. The normalized spacial score (nSPS) is 14.2. The Kier molecular flexibility index (Phi) is 7.41. The number of carbonyl (C=O) groups excluding carboxylic acids is 1. The van der Waals surface area contributed by atoms with Gasteiger partial charge in [-0.1, -0.05) is 29.5 Å². The number of amides is 1. The van der Waals surface area contributed by atoms with E-state index in [9.17, 15) is 18.0 Å².